The van der Waals surface area contributed by atoms with Gasteiger partial charge in [-0.1, -0.05) is 36.4 Å². The molecule has 0 bridgehead atoms. The van der Waals surface area contributed by atoms with Crippen molar-refractivity contribution in [3.63, 3.8) is 0 Å². The lowest BCUT2D eigenvalue weighted by Gasteiger charge is -2.20. The molecule has 0 spiro atoms. The van der Waals surface area contributed by atoms with E-state index in [1.54, 1.807) is 36.4 Å². The molecule has 0 aliphatic heterocycles. The molecule has 7 heteroatoms. The molecular weight excluding hydrogens is 412 g/mol. The van der Waals surface area contributed by atoms with Crippen molar-refractivity contribution in [2.45, 2.75) is 37.8 Å². The van der Waals surface area contributed by atoms with Crippen molar-refractivity contribution in [3.8, 4) is 5.75 Å². The molecule has 0 fully saturated rings. The zero-order valence-corrected chi connectivity index (χ0v) is 18.6. The van der Waals surface area contributed by atoms with E-state index in [9.17, 15) is 13.2 Å². The first-order valence-electron chi connectivity index (χ1n) is 9.85. The highest BCUT2D eigenvalue weighted by molar-refractivity contribution is 7.92. The molecule has 3 rings (SSSR count). The summed E-state index contributed by atoms with van der Waals surface area (Å²) in [7, 11) is -3.85. The molecule has 0 radical (unpaired) electrons. The van der Waals surface area contributed by atoms with Crippen LogP contribution in [0, 0.1) is 0 Å². The largest absolute Gasteiger partial charge is 0.489 e. The monoisotopic (exact) mass is 438 g/mol. The maximum atomic E-state index is 12.8. The number of hydrogen-bond donors (Lipinski definition) is 2. The van der Waals surface area contributed by atoms with Crippen LogP contribution in [0.15, 0.2) is 83.8 Å². The molecule has 0 aromatic heterocycles. The van der Waals surface area contributed by atoms with Crippen LogP contribution in [0.4, 0.5) is 5.69 Å². The topological polar surface area (TPSA) is 84.5 Å². The Morgan fingerprint density at radius 2 is 1.58 bits per heavy atom. The molecule has 0 unspecified atom stereocenters. The summed E-state index contributed by atoms with van der Waals surface area (Å²) >= 11 is 0. The average molecular weight is 439 g/mol. The number of carbonyl (C=O) groups excluding carboxylic acids is 1. The van der Waals surface area contributed by atoms with Crippen molar-refractivity contribution in [2.75, 3.05) is 4.72 Å². The highest BCUT2D eigenvalue weighted by atomic mass is 32.2. The summed E-state index contributed by atoms with van der Waals surface area (Å²) in [6.45, 7) is 6.01. The summed E-state index contributed by atoms with van der Waals surface area (Å²) in [4.78, 5) is 12.4. The number of sulfonamides is 1. The third-order valence-corrected chi connectivity index (χ3v) is 5.63. The van der Waals surface area contributed by atoms with E-state index in [1.807, 2.05) is 51.1 Å². The lowest BCUT2D eigenvalue weighted by Crippen LogP contribution is -2.40. The van der Waals surface area contributed by atoms with Crippen molar-refractivity contribution in [1.82, 2.24) is 5.32 Å². The molecule has 0 aliphatic carbocycles. The minimum atomic E-state index is -3.85. The highest BCUT2D eigenvalue weighted by Crippen LogP contribution is 2.21. The molecule has 0 aliphatic rings. The van der Waals surface area contributed by atoms with E-state index < -0.39 is 15.6 Å². The number of amides is 1. The Balaban J connectivity index is 1.68. The van der Waals surface area contributed by atoms with Gasteiger partial charge in [0.1, 0.15) is 12.4 Å². The Bertz CT molecular complexity index is 1140. The van der Waals surface area contributed by atoms with Gasteiger partial charge in [0.25, 0.3) is 15.9 Å². The molecule has 0 atom stereocenters. The number of anilines is 1. The second-order valence-corrected chi connectivity index (χ2v) is 9.82. The van der Waals surface area contributed by atoms with Gasteiger partial charge in [0.15, 0.2) is 0 Å². The van der Waals surface area contributed by atoms with Gasteiger partial charge in [-0.3, -0.25) is 9.52 Å². The van der Waals surface area contributed by atoms with Gasteiger partial charge >= 0.3 is 0 Å². The van der Waals surface area contributed by atoms with Gasteiger partial charge in [0.2, 0.25) is 0 Å². The number of carbonyl (C=O) groups is 1. The Morgan fingerprint density at radius 1 is 0.903 bits per heavy atom. The van der Waals surface area contributed by atoms with E-state index in [0.717, 1.165) is 5.56 Å². The fourth-order valence-corrected chi connectivity index (χ4v) is 3.90. The van der Waals surface area contributed by atoms with Gasteiger partial charge in [-0.2, -0.15) is 0 Å². The predicted molar refractivity (Wildman–Crippen MR) is 122 cm³/mol. The zero-order chi connectivity index (χ0) is 22.5. The summed E-state index contributed by atoms with van der Waals surface area (Å²) in [5, 5.41) is 2.83. The molecule has 1 amide bonds. The lowest BCUT2D eigenvalue weighted by atomic mass is 10.1. The third kappa shape index (κ3) is 6.58. The molecular formula is C24H26N2O4S. The minimum Gasteiger partial charge on any atom is -0.489 e. The summed E-state index contributed by atoms with van der Waals surface area (Å²) in [5.74, 6) is 0.303. The van der Waals surface area contributed by atoms with Crippen molar-refractivity contribution >= 4 is 21.6 Å². The summed E-state index contributed by atoms with van der Waals surface area (Å²) < 4.78 is 33.8. The molecule has 0 saturated heterocycles. The number of rotatable bonds is 7. The summed E-state index contributed by atoms with van der Waals surface area (Å²) in [6.07, 6.45) is 0. The average Bonchev–Trinajstić information content (AvgIpc) is 2.73. The van der Waals surface area contributed by atoms with Crippen molar-refractivity contribution < 1.29 is 17.9 Å². The molecule has 0 heterocycles. The predicted octanol–water partition coefficient (Wildman–Crippen LogP) is 4.59. The zero-order valence-electron chi connectivity index (χ0n) is 17.8. The van der Waals surface area contributed by atoms with Gasteiger partial charge in [-0.05, 0) is 68.8 Å². The fourth-order valence-electron chi connectivity index (χ4n) is 2.79. The van der Waals surface area contributed by atoms with Crippen LogP contribution in [-0.4, -0.2) is 19.9 Å². The number of nitrogens with one attached hydrogen (secondary N) is 2. The standard InChI is InChI=1S/C24H26N2O4S/c1-24(2,3)25-23(27)19-10-7-11-22(16-19)31(28,29)26-20-12-14-21(15-13-20)30-17-18-8-5-4-6-9-18/h4-16,26H,17H2,1-3H3,(H,25,27). The Kier molecular flexibility index (Phi) is 6.65. The van der Waals surface area contributed by atoms with E-state index >= 15 is 0 Å². The van der Waals surface area contributed by atoms with Gasteiger partial charge in [-0.25, -0.2) is 8.42 Å². The number of benzene rings is 3. The van der Waals surface area contributed by atoms with Crippen LogP contribution >= 0.6 is 0 Å². The third-order valence-electron chi connectivity index (χ3n) is 4.25. The van der Waals surface area contributed by atoms with Gasteiger partial charge in [0, 0.05) is 16.8 Å². The maximum Gasteiger partial charge on any atom is 0.261 e. The van der Waals surface area contributed by atoms with Crippen LogP contribution in [0.5, 0.6) is 5.75 Å². The second-order valence-electron chi connectivity index (χ2n) is 8.14. The summed E-state index contributed by atoms with van der Waals surface area (Å²) in [5.41, 5.74) is 1.30. The van der Waals surface area contributed by atoms with Gasteiger partial charge < -0.3 is 10.1 Å². The van der Waals surface area contributed by atoms with Crippen LogP contribution in [0.1, 0.15) is 36.7 Å². The van der Waals surface area contributed by atoms with E-state index in [0.29, 0.717) is 18.0 Å². The smallest absolute Gasteiger partial charge is 0.261 e. The van der Waals surface area contributed by atoms with Crippen LogP contribution in [0.3, 0.4) is 0 Å². The quantitative estimate of drug-likeness (QED) is 0.565. The van der Waals surface area contributed by atoms with Crippen LogP contribution in [0.25, 0.3) is 0 Å². The first-order valence-corrected chi connectivity index (χ1v) is 11.3. The van der Waals surface area contributed by atoms with Gasteiger partial charge in [-0.15, -0.1) is 0 Å². The van der Waals surface area contributed by atoms with Crippen LogP contribution in [-0.2, 0) is 16.6 Å². The molecule has 3 aromatic carbocycles. The summed E-state index contributed by atoms with van der Waals surface area (Å²) in [6, 6.07) is 22.4. The maximum absolute atomic E-state index is 12.8. The van der Waals surface area contributed by atoms with E-state index in [1.165, 1.54) is 12.1 Å². The molecule has 162 valence electrons. The van der Waals surface area contributed by atoms with E-state index in [4.69, 9.17) is 4.74 Å². The highest BCUT2D eigenvalue weighted by Gasteiger charge is 2.19. The minimum absolute atomic E-state index is 0.0125. The Morgan fingerprint density at radius 3 is 2.23 bits per heavy atom. The van der Waals surface area contributed by atoms with Crippen molar-refractivity contribution in [1.29, 1.82) is 0 Å². The molecule has 2 N–H and O–H groups in total. The van der Waals surface area contributed by atoms with E-state index in [-0.39, 0.29) is 16.4 Å². The van der Waals surface area contributed by atoms with Gasteiger partial charge in [0.05, 0.1) is 4.90 Å². The first kappa shape index (κ1) is 22.4. The Hall–Kier alpha value is -3.32. The normalized spacial score (nSPS) is 11.6. The molecule has 6 nitrogen and oxygen atoms in total. The first-order chi connectivity index (χ1) is 14.6. The number of hydrogen-bond acceptors (Lipinski definition) is 4. The number of ether oxygens (including phenoxy) is 1. The van der Waals surface area contributed by atoms with Crippen molar-refractivity contribution in [2.24, 2.45) is 0 Å². The molecule has 31 heavy (non-hydrogen) atoms. The second kappa shape index (κ2) is 9.22. The fraction of sp³-hybridized carbons (Fsp3) is 0.208. The van der Waals surface area contributed by atoms with Crippen LogP contribution in [0.2, 0.25) is 0 Å². The Labute approximate surface area is 183 Å². The van der Waals surface area contributed by atoms with E-state index in [2.05, 4.69) is 10.0 Å². The SMILES string of the molecule is CC(C)(C)NC(=O)c1cccc(S(=O)(=O)Nc2ccc(OCc3ccccc3)cc2)c1. The molecule has 3 aromatic rings. The lowest BCUT2D eigenvalue weighted by molar-refractivity contribution is 0.0919. The van der Waals surface area contributed by atoms with Crippen molar-refractivity contribution in [3.05, 3.63) is 90.0 Å². The van der Waals surface area contributed by atoms with Crippen LogP contribution < -0.4 is 14.8 Å². The molecule has 0 saturated carbocycles.